The van der Waals surface area contributed by atoms with E-state index in [1.165, 1.54) is 133 Å². The number of benzene rings is 10. The van der Waals surface area contributed by atoms with E-state index in [1.54, 1.807) is 0 Å². The number of fused-ring (bicyclic) bond motifs is 23. The smallest absolute Gasteiger partial charge is 0.0727 e. The van der Waals surface area contributed by atoms with Crippen LogP contribution >= 0.6 is 0 Å². The molecule has 12 aromatic rings. The van der Waals surface area contributed by atoms with E-state index >= 15 is 0 Å². The summed E-state index contributed by atoms with van der Waals surface area (Å²) in [6.45, 7) is 9.62. The quantitative estimate of drug-likeness (QED) is 0.172. The molecule has 0 bridgehead atoms. The molecule has 2 heterocycles. The van der Waals surface area contributed by atoms with Gasteiger partial charge >= 0.3 is 0 Å². The molecule has 2 heteroatoms. The molecule has 69 heavy (non-hydrogen) atoms. The van der Waals surface area contributed by atoms with Crippen molar-refractivity contribution < 1.29 is 0 Å². The number of nitrogens with zero attached hydrogens (tertiary/aromatic N) is 2. The average Bonchev–Trinajstić information content (AvgIpc) is 4.18. The standard InChI is InChI=1S/C67H46N2/c1-65(2)51-26-11-5-18-41(51)45-34-32-39(36-56(45)65)68(40-33-35-46-42-19-6-12-27-52(42)66(3,4)57(46)37-40)60-38-58-61(64-62(60)50-25-17-24-48-47-22-10-16-31-59(47)69(64)63(48)50)49-23-9-15-30-55(49)67(58)53-28-13-7-20-43(53)44-21-8-14-29-54(44)67/h5-38H,1-4H3. The lowest BCUT2D eigenvalue weighted by Gasteiger charge is -2.33. The van der Waals surface area contributed by atoms with Gasteiger partial charge in [0, 0.05) is 49.3 Å². The molecule has 0 amide bonds. The van der Waals surface area contributed by atoms with Crippen LogP contribution in [0.3, 0.4) is 0 Å². The van der Waals surface area contributed by atoms with Crippen LogP contribution in [0.25, 0.3) is 82.6 Å². The van der Waals surface area contributed by atoms with Gasteiger partial charge in [0.05, 0.1) is 27.7 Å². The number of aromatic nitrogens is 1. The maximum atomic E-state index is 2.65. The van der Waals surface area contributed by atoms with Crippen LogP contribution in [-0.4, -0.2) is 4.40 Å². The Bertz CT molecular complexity index is 4120. The Morgan fingerprint density at radius 1 is 0.333 bits per heavy atom. The van der Waals surface area contributed by atoms with Gasteiger partial charge in [-0.05, 0) is 120 Å². The van der Waals surface area contributed by atoms with Gasteiger partial charge in [0.2, 0.25) is 0 Å². The third-order valence-corrected chi connectivity index (χ3v) is 17.3. The summed E-state index contributed by atoms with van der Waals surface area (Å²) in [4.78, 5) is 2.65. The van der Waals surface area contributed by atoms with Crippen molar-refractivity contribution in [1.82, 2.24) is 4.40 Å². The second-order valence-electron chi connectivity index (χ2n) is 21.1. The lowest BCUT2D eigenvalue weighted by atomic mass is 9.70. The van der Waals surface area contributed by atoms with Crippen molar-refractivity contribution in [3.63, 3.8) is 0 Å². The molecule has 2 aromatic heterocycles. The van der Waals surface area contributed by atoms with Gasteiger partial charge in [0.15, 0.2) is 0 Å². The summed E-state index contributed by atoms with van der Waals surface area (Å²) in [6, 6.07) is 79.2. The van der Waals surface area contributed by atoms with Crippen LogP contribution < -0.4 is 4.90 Å². The highest BCUT2D eigenvalue weighted by Crippen LogP contribution is 2.66. The van der Waals surface area contributed by atoms with E-state index in [4.69, 9.17) is 0 Å². The van der Waals surface area contributed by atoms with Crippen molar-refractivity contribution in [2.45, 2.75) is 43.9 Å². The van der Waals surface area contributed by atoms with E-state index in [0.29, 0.717) is 0 Å². The highest BCUT2D eigenvalue weighted by molar-refractivity contribution is 6.29. The first-order valence-corrected chi connectivity index (χ1v) is 24.6. The number of hydrogen-bond acceptors (Lipinski definition) is 1. The fraction of sp³-hybridized carbons (Fsp3) is 0.104. The van der Waals surface area contributed by atoms with Crippen LogP contribution in [0, 0.1) is 0 Å². The molecular weight excluding hydrogens is 833 g/mol. The molecule has 0 N–H and O–H groups in total. The van der Waals surface area contributed by atoms with Crippen molar-refractivity contribution in [2.24, 2.45) is 0 Å². The molecule has 2 nitrogen and oxygen atoms in total. The van der Waals surface area contributed by atoms with Gasteiger partial charge in [0.1, 0.15) is 0 Å². The molecule has 0 saturated carbocycles. The first-order chi connectivity index (χ1) is 33.8. The lowest BCUT2D eigenvalue weighted by Crippen LogP contribution is -2.26. The highest BCUT2D eigenvalue weighted by atomic mass is 15.1. The Hall–Kier alpha value is -8.20. The lowest BCUT2D eigenvalue weighted by molar-refractivity contribution is 0.660. The molecule has 0 atom stereocenters. The van der Waals surface area contributed by atoms with Crippen LogP contribution in [0.15, 0.2) is 206 Å². The van der Waals surface area contributed by atoms with Gasteiger partial charge in [0.25, 0.3) is 0 Å². The van der Waals surface area contributed by atoms with E-state index in [1.807, 2.05) is 0 Å². The Morgan fingerprint density at radius 2 is 0.768 bits per heavy atom. The molecule has 4 aliphatic carbocycles. The molecule has 0 fully saturated rings. The van der Waals surface area contributed by atoms with Gasteiger partial charge < -0.3 is 9.30 Å². The number of para-hydroxylation sites is 2. The van der Waals surface area contributed by atoms with Gasteiger partial charge in [-0.2, -0.15) is 0 Å². The highest BCUT2D eigenvalue weighted by Gasteiger charge is 2.53. The van der Waals surface area contributed by atoms with Crippen molar-refractivity contribution in [2.75, 3.05) is 4.90 Å². The van der Waals surface area contributed by atoms with E-state index in [0.717, 1.165) is 11.4 Å². The second kappa shape index (κ2) is 12.7. The summed E-state index contributed by atoms with van der Waals surface area (Å²) in [5.74, 6) is 0. The van der Waals surface area contributed by atoms with Crippen molar-refractivity contribution in [1.29, 1.82) is 0 Å². The van der Waals surface area contributed by atoms with E-state index in [9.17, 15) is 0 Å². The molecular formula is C67H46N2. The molecule has 0 radical (unpaired) electrons. The zero-order chi connectivity index (χ0) is 45.7. The van der Waals surface area contributed by atoms with Gasteiger partial charge in [-0.3, -0.25) is 0 Å². The molecule has 0 aliphatic heterocycles. The van der Waals surface area contributed by atoms with Gasteiger partial charge in [-0.15, -0.1) is 0 Å². The fourth-order valence-electron chi connectivity index (χ4n) is 14.4. The summed E-state index contributed by atoms with van der Waals surface area (Å²) in [6.07, 6.45) is 0. The molecule has 16 rings (SSSR count). The Kier molecular flexibility index (Phi) is 6.94. The minimum atomic E-state index is -0.547. The first kappa shape index (κ1) is 37.8. The van der Waals surface area contributed by atoms with Crippen LogP contribution in [0.5, 0.6) is 0 Å². The minimum absolute atomic E-state index is 0.180. The molecule has 1 spiro atoms. The van der Waals surface area contributed by atoms with E-state index in [-0.39, 0.29) is 10.8 Å². The summed E-state index contributed by atoms with van der Waals surface area (Å²) >= 11 is 0. The topological polar surface area (TPSA) is 7.65 Å². The zero-order valence-electron chi connectivity index (χ0n) is 39.0. The average molecular weight is 879 g/mol. The number of rotatable bonds is 3. The molecule has 0 unspecified atom stereocenters. The normalized spacial score (nSPS) is 15.6. The zero-order valence-corrected chi connectivity index (χ0v) is 39.0. The fourth-order valence-corrected chi connectivity index (χ4v) is 14.4. The maximum Gasteiger partial charge on any atom is 0.0727 e. The SMILES string of the molecule is CC1(C)c2ccccc2-c2ccc(N(c3ccc4c(c3)C(C)(C)c3ccccc3-4)c3cc4c(c5c3c3cccc6c7ccccc7n5c63)-c3ccccc3C43c4ccccc4-c4ccccc43)cc21. The number of anilines is 3. The summed E-state index contributed by atoms with van der Waals surface area (Å²) < 4.78 is 2.64. The second-order valence-corrected chi connectivity index (χ2v) is 21.1. The summed E-state index contributed by atoms with van der Waals surface area (Å²) in [7, 11) is 0. The predicted molar refractivity (Wildman–Crippen MR) is 287 cm³/mol. The Labute approximate surface area is 401 Å². The number of hydrogen-bond donors (Lipinski definition) is 0. The van der Waals surface area contributed by atoms with Crippen LogP contribution in [0.2, 0.25) is 0 Å². The van der Waals surface area contributed by atoms with Crippen molar-refractivity contribution >= 4 is 55.2 Å². The Morgan fingerprint density at radius 3 is 1.35 bits per heavy atom. The van der Waals surface area contributed by atoms with Crippen molar-refractivity contribution in [3.8, 4) is 44.5 Å². The van der Waals surface area contributed by atoms with E-state index in [2.05, 4.69) is 243 Å². The molecule has 10 aromatic carbocycles. The first-order valence-electron chi connectivity index (χ1n) is 24.6. The largest absolute Gasteiger partial charge is 0.310 e. The maximum absolute atomic E-state index is 2.65. The minimum Gasteiger partial charge on any atom is -0.310 e. The molecule has 4 aliphatic rings. The molecule has 324 valence electrons. The van der Waals surface area contributed by atoms with Gasteiger partial charge in [-0.25, -0.2) is 0 Å². The van der Waals surface area contributed by atoms with Crippen LogP contribution in [0.4, 0.5) is 17.1 Å². The Balaban J connectivity index is 1.10. The third kappa shape index (κ3) is 4.37. The third-order valence-electron chi connectivity index (χ3n) is 17.3. The van der Waals surface area contributed by atoms with E-state index < -0.39 is 5.41 Å². The summed E-state index contributed by atoms with van der Waals surface area (Å²) in [5, 5.41) is 5.12. The van der Waals surface area contributed by atoms with Crippen molar-refractivity contribution in [3.05, 3.63) is 251 Å². The van der Waals surface area contributed by atoms with Crippen LogP contribution in [0.1, 0.15) is 72.2 Å². The predicted octanol–water partition coefficient (Wildman–Crippen LogP) is 17.3. The molecule has 0 saturated heterocycles. The van der Waals surface area contributed by atoms with Crippen LogP contribution in [-0.2, 0) is 16.2 Å². The van der Waals surface area contributed by atoms with Gasteiger partial charge in [-0.1, -0.05) is 198 Å². The summed E-state index contributed by atoms with van der Waals surface area (Å²) in [5.41, 5.74) is 27.9. The monoisotopic (exact) mass is 878 g/mol.